The van der Waals surface area contributed by atoms with E-state index in [2.05, 4.69) is 4.98 Å². The van der Waals surface area contributed by atoms with Crippen LogP contribution in [0.15, 0.2) is 76.4 Å². The van der Waals surface area contributed by atoms with E-state index >= 15 is 0 Å². The highest BCUT2D eigenvalue weighted by atomic mass is 32.2. The maximum Gasteiger partial charge on any atom is 0.446 e. The van der Waals surface area contributed by atoms with Crippen LogP contribution >= 0.6 is 11.8 Å². The molecule has 1 aromatic heterocycles. The van der Waals surface area contributed by atoms with Crippen LogP contribution in [-0.2, 0) is 6.42 Å². The summed E-state index contributed by atoms with van der Waals surface area (Å²) in [6, 6.07) is 17.9. The Morgan fingerprint density at radius 1 is 0.903 bits per heavy atom. The number of pyridine rings is 1. The maximum atomic E-state index is 13.6. The van der Waals surface area contributed by atoms with Crippen LogP contribution in [0.5, 0.6) is 0 Å². The first-order valence-corrected chi connectivity index (χ1v) is 10.3. The molecule has 0 unspecified atom stereocenters. The highest BCUT2D eigenvalue weighted by molar-refractivity contribution is 8.00. The van der Waals surface area contributed by atoms with Gasteiger partial charge in [-0.15, -0.1) is 0 Å². The predicted octanol–water partition coefficient (Wildman–Crippen LogP) is 6.85. The fourth-order valence-electron chi connectivity index (χ4n) is 3.48. The van der Waals surface area contributed by atoms with E-state index in [1.807, 2.05) is 24.3 Å². The van der Waals surface area contributed by atoms with Crippen molar-refractivity contribution < 1.29 is 17.6 Å². The van der Waals surface area contributed by atoms with Gasteiger partial charge >= 0.3 is 5.51 Å². The first-order chi connectivity index (χ1) is 14.7. The second kappa shape index (κ2) is 8.23. The van der Waals surface area contributed by atoms with Gasteiger partial charge in [-0.2, -0.15) is 13.2 Å². The third-order valence-electron chi connectivity index (χ3n) is 5.01. The van der Waals surface area contributed by atoms with Crippen molar-refractivity contribution in [3.63, 3.8) is 0 Å². The van der Waals surface area contributed by atoms with Gasteiger partial charge in [0.1, 0.15) is 5.82 Å². The Labute approximate surface area is 179 Å². The van der Waals surface area contributed by atoms with Gasteiger partial charge in [-0.25, -0.2) is 4.39 Å². The number of H-pyrrole nitrogens is 1. The fraction of sp³-hybridized carbons (Fsp3) is 0.125. The lowest BCUT2D eigenvalue weighted by atomic mass is 10.00. The number of thioether (sulfide) groups is 1. The summed E-state index contributed by atoms with van der Waals surface area (Å²) in [7, 11) is 0. The van der Waals surface area contributed by atoms with E-state index in [0.29, 0.717) is 28.6 Å². The third-order valence-corrected chi connectivity index (χ3v) is 5.75. The molecule has 3 aromatic carbocycles. The Morgan fingerprint density at radius 2 is 1.52 bits per heavy atom. The van der Waals surface area contributed by atoms with Crippen molar-refractivity contribution >= 4 is 22.7 Å². The predicted molar refractivity (Wildman–Crippen MR) is 116 cm³/mol. The van der Waals surface area contributed by atoms with Crippen LogP contribution in [0.1, 0.15) is 16.7 Å². The zero-order valence-electron chi connectivity index (χ0n) is 16.4. The molecule has 0 fully saturated rings. The zero-order valence-corrected chi connectivity index (χ0v) is 17.2. The number of benzene rings is 3. The number of nitrogens with one attached hydrogen (secondary N) is 1. The number of hydrogen-bond acceptors (Lipinski definition) is 2. The molecule has 2 nitrogen and oxygen atoms in total. The molecule has 0 bridgehead atoms. The molecule has 31 heavy (non-hydrogen) atoms. The number of fused-ring (bicyclic) bond motifs is 1. The van der Waals surface area contributed by atoms with Gasteiger partial charge in [0.05, 0.1) is 11.2 Å². The van der Waals surface area contributed by atoms with Gasteiger partial charge in [0, 0.05) is 15.8 Å². The van der Waals surface area contributed by atoms with Gasteiger partial charge in [0.15, 0.2) is 5.43 Å². The first kappa shape index (κ1) is 21.2. The molecule has 0 atom stereocenters. The minimum atomic E-state index is -4.30. The highest BCUT2D eigenvalue weighted by Crippen LogP contribution is 2.36. The number of aromatic amines is 1. The third kappa shape index (κ3) is 4.82. The van der Waals surface area contributed by atoms with Gasteiger partial charge in [-0.1, -0.05) is 36.4 Å². The van der Waals surface area contributed by atoms with Gasteiger partial charge < -0.3 is 4.98 Å². The molecular formula is C24H17F4NOS. The summed E-state index contributed by atoms with van der Waals surface area (Å²) in [5.41, 5.74) is -0.174. The normalized spacial score (nSPS) is 11.8. The van der Waals surface area contributed by atoms with E-state index in [0.717, 1.165) is 16.7 Å². The number of alkyl halides is 3. The molecule has 0 radical (unpaired) electrons. The Morgan fingerprint density at radius 3 is 2.13 bits per heavy atom. The summed E-state index contributed by atoms with van der Waals surface area (Å²) in [4.78, 5) is 15.9. The minimum absolute atomic E-state index is 0.133. The van der Waals surface area contributed by atoms with Crippen molar-refractivity contribution in [2.75, 3.05) is 0 Å². The summed E-state index contributed by atoms with van der Waals surface area (Å²) in [6.07, 6.45) is 0.565. The molecule has 0 aliphatic carbocycles. The van der Waals surface area contributed by atoms with Crippen molar-refractivity contribution in [1.82, 2.24) is 4.98 Å². The van der Waals surface area contributed by atoms with Crippen LogP contribution in [0, 0.1) is 12.7 Å². The monoisotopic (exact) mass is 443 g/mol. The summed E-state index contributed by atoms with van der Waals surface area (Å²) in [6.45, 7) is 1.73. The average molecular weight is 443 g/mol. The lowest BCUT2D eigenvalue weighted by molar-refractivity contribution is -0.0328. The van der Waals surface area contributed by atoms with Crippen LogP contribution in [0.2, 0.25) is 0 Å². The quantitative estimate of drug-likeness (QED) is 0.277. The van der Waals surface area contributed by atoms with Crippen LogP contribution in [0.4, 0.5) is 17.6 Å². The Hall–Kier alpha value is -3.06. The van der Waals surface area contributed by atoms with Crippen molar-refractivity contribution in [3.8, 4) is 11.3 Å². The molecule has 1 heterocycles. The maximum absolute atomic E-state index is 13.6. The van der Waals surface area contributed by atoms with Gasteiger partial charge in [0.2, 0.25) is 0 Å². The van der Waals surface area contributed by atoms with Crippen LogP contribution in [-0.4, -0.2) is 10.5 Å². The lowest BCUT2D eigenvalue weighted by Crippen LogP contribution is -2.09. The number of aromatic nitrogens is 1. The molecule has 0 aliphatic heterocycles. The van der Waals surface area contributed by atoms with Crippen LogP contribution < -0.4 is 5.43 Å². The van der Waals surface area contributed by atoms with E-state index in [4.69, 9.17) is 0 Å². The molecule has 7 heteroatoms. The van der Waals surface area contributed by atoms with Crippen molar-refractivity contribution in [1.29, 1.82) is 0 Å². The van der Waals surface area contributed by atoms with Gasteiger partial charge in [0.25, 0.3) is 0 Å². The summed E-state index contributed by atoms with van der Waals surface area (Å²) >= 11 is -0.133. The number of rotatable bonds is 4. The molecule has 0 amide bonds. The molecule has 4 aromatic rings. The SMILES string of the molecule is Cc1c(-c2ccc(Cc3ccc(SC(F)(F)F)cc3)cc2)[nH]c2cc(F)ccc2c1=O. The minimum Gasteiger partial charge on any atom is -0.354 e. The van der Waals surface area contributed by atoms with Gasteiger partial charge in [-0.05, 0) is 72.1 Å². The molecule has 158 valence electrons. The Balaban J connectivity index is 1.57. The highest BCUT2D eigenvalue weighted by Gasteiger charge is 2.28. The summed E-state index contributed by atoms with van der Waals surface area (Å²) in [5.74, 6) is -0.423. The largest absolute Gasteiger partial charge is 0.446 e. The zero-order chi connectivity index (χ0) is 22.2. The molecular weight excluding hydrogens is 426 g/mol. The van der Waals surface area contributed by atoms with Crippen molar-refractivity contribution in [2.45, 2.75) is 23.7 Å². The summed E-state index contributed by atoms with van der Waals surface area (Å²) < 4.78 is 50.9. The van der Waals surface area contributed by atoms with E-state index in [-0.39, 0.29) is 22.1 Å². The second-order valence-electron chi connectivity index (χ2n) is 7.21. The van der Waals surface area contributed by atoms with E-state index in [1.54, 1.807) is 19.1 Å². The van der Waals surface area contributed by atoms with Crippen molar-refractivity contribution in [3.05, 3.63) is 99.5 Å². The molecule has 0 saturated heterocycles. The molecule has 1 N–H and O–H groups in total. The van der Waals surface area contributed by atoms with Crippen LogP contribution in [0.3, 0.4) is 0 Å². The summed E-state index contributed by atoms with van der Waals surface area (Å²) in [5, 5.41) is 0.436. The molecule has 4 rings (SSSR count). The average Bonchev–Trinajstić information content (AvgIpc) is 2.72. The molecule has 0 saturated carbocycles. The number of hydrogen-bond donors (Lipinski definition) is 1. The standard InChI is InChI=1S/C24H17F4NOS/c1-14-22(29-21-13-18(25)8-11-20(21)23(14)30)17-6-2-15(3-7-17)12-16-4-9-19(10-5-16)31-24(26,27)28/h2-11,13H,12H2,1H3,(H,29,30). The topological polar surface area (TPSA) is 32.9 Å². The molecule has 0 aliphatic rings. The first-order valence-electron chi connectivity index (χ1n) is 9.46. The van der Waals surface area contributed by atoms with Crippen LogP contribution in [0.25, 0.3) is 22.2 Å². The van der Waals surface area contributed by atoms with Gasteiger partial charge in [-0.3, -0.25) is 4.79 Å². The molecule has 0 spiro atoms. The smallest absolute Gasteiger partial charge is 0.354 e. The fourth-order valence-corrected chi connectivity index (χ4v) is 4.02. The number of halogens is 4. The Kier molecular flexibility index (Phi) is 5.62. The van der Waals surface area contributed by atoms with Crippen molar-refractivity contribution in [2.24, 2.45) is 0 Å². The van der Waals surface area contributed by atoms with E-state index in [1.165, 1.54) is 30.3 Å². The Bertz CT molecular complexity index is 1290. The van der Waals surface area contributed by atoms with E-state index in [9.17, 15) is 22.4 Å². The van der Waals surface area contributed by atoms with E-state index < -0.39 is 11.3 Å². The lowest BCUT2D eigenvalue weighted by Gasteiger charge is -2.10. The second-order valence-corrected chi connectivity index (χ2v) is 8.35.